The van der Waals surface area contributed by atoms with Gasteiger partial charge in [-0.05, 0) is 11.6 Å². The van der Waals surface area contributed by atoms with Crippen molar-refractivity contribution in [3.05, 3.63) is 42.0 Å². The smallest absolute Gasteiger partial charge is 0.259 e. The van der Waals surface area contributed by atoms with Crippen LogP contribution in [-0.4, -0.2) is 15.6 Å². The molecule has 0 fully saturated rings. The molecular formula is C14H16O2S. The summed E-state index contributed by atoms with van der Waals surface area (Å²) in [6.45, 7) is 5.72. The Hall–Kier alpha value is -1.35. The minimum absolute atomic E-state index is 0.229. The molecule has 0 radical (unpaired) electrons. The van der Waals surface area contributed by atoms with Crippen LogP contribution in [0.5, 0.6) is 0 Å². The van der Waals surface area contributed by atoms with Gasteiger partial charge in [-0.2, -0.15) is 0 Å². The maximum absolute atomic E-state index is 11.5. The van der Waals surface area contributed by atoms with E-state index in [4.69, 9.17) is 0 Å². The molecule has 0 saturated carbocycles. The summed E-state index contributed by atoms with van der Waals surface area (Å²) in [5.74, 6) is -0.464. The molecule has 0 aliphatic rings. The molecule has 0 unspecified atom stereocenters. The zero-order valence-corrected chi connectivity index (χ0v) is 11.1. The lowest BCUT2D eigenvalue weighted by atomic mass is 10.2. The van der Waals surface area contributed by atoms with Gasteiger partial charge >= 0.3 is 0 Å². The van der Waals surface area contributed by atoms with Crippen molar-refractivity contribution in [2.45, 2.75) is 25.5 Å². The van der Waals surface area contributed by atoms with E-state index in [-0.39, 0.29) is 4.75 Å². The van der Waals surface area contributed by atoms with Gasteiger partial charge in [0.05, 0.1) is 0 Å². The third-order valence-corrected chi connectivity index (χ3v) is 2.83. The SMILES string of the molecule is CC(C)(C)SC(=O)C(=O)/C=C/c1ccccc1. The lowest BCUT2D eigenvalue weighted by Crippen LogP contribution is -2.16. The van der Waals surface area contributed by atoms with Crippen molar-refractivity contribution in [2.24, 2.45) is 0 Å². The Bertz CT molecular complexity index is 427. The number of hydrogen-bond acceptors (Lipinski definition) is 3. The van der Waals surface area contributed by atoms with Crippen LogP contribution in [0.1, 0.15) is 26.3 Å². The number of rotatable bonds is 3. The van der Waals surface area contributed by atoms with Crippen LogP contribution in [0.15, 0.2) is 36.4 Å². The highest BCUT2D eigenvalue weighted by Gasteiger charge is 2.20. The van der Waals surface area contributed by atoms with E-state index in [0.29, 0.717) is 0 Å². The van der Waals surface area contributed by atoms with Crippen molar-refractivity contribution < 1.29 is 9.59 Å². The van der Waals surface area contributed by atoms with E-state index in [1.54, 1.807) is 6.08 Å². The van der Waals surface area contributed by atoms with Crippen molar-refractivity contribution in [1.82, 2.24) is 0 Å². The minimum atomic E-state index is -0.464. The van der Waals surface area contributed by atoms with Crippen LogP contribution in [0, 0.1) is 0 Å². The Balaban J connectivity index is 2.61. The normalized spacial score (nSPS) is 11.7. The number of allylic oxidation sites excluding steroid dienone is 1. The lowest BCUT2D eigenvalue weighted by molar-refractivity contribution is -0.128. The molecule has 0 saturated heterocycles. The van der Waals surface area contributed by atoms with E-state index in [1.807, 2.05) is 51.1 Å². The molecule has 0 heterocycles. The number of carbonyl (C=O) groups excluding carboxylic acids is 2. The van der Waals surface area contributed by atoms with Crippen LogP contribution in [0.3, 0.4) is 0 Å². The van der Waals surface area contributed by atoms with Crippen LogP contribution >= 0.6 is 11.8 Å². The fourth-order valence-electron chi connectivity index (χ4n) is 1.13. The molecule has 0 spiro atoms. The van der Waals surface area contributed by atoms with Crippen LogP contribution in [0.25, 0.3) is 6.08 Å². The highest BCUT2D eigenvalue weighted by molar-refractivity contribution is 8.16. The van der Waals surface area contributed by atoms with Crippen LogP contribution < -0.4 is 0 Å². The second-order valence-electron chi connectivity index (χ2n) is 4.61. The molecular weight excluding hydrogens is 232 g/mol. The minimum Gasteiger partial charge on any atom is -0.285 e. The highest BCUT2D eigenvalue weighted by Crippen LogP contribution is 2.24. The third kappa shape index (κ3) is 5.50. The molecule has 0 aliphatic carbocycles. The Morgan fingerprint density at radius 1 is 1.12 bits per heavy atom. The maximum Gasteiger partial charge on any atom is 0.259 e. The van der Waals surface area contributed by atoms with Crippen LogP contribution in [0.4, 0.5) is 0 Å². The van der Waals surface area contributed by atoms with Gasteiger partial charge in [0.25, 0.3) is 5.12 Å². The fourth-order valence-corrected chi connectivity index (χ4v) is 1.86. The van der Waals surface area contributed by atoms with E-state index in [9.17, 15) is 9.59 Å². The molecule has 17 heavy (non-hydrogen) atoms. The second-order valence-corrected chi connectivity index (χ2v) is 6.41. The van der Waals surface area contributed by atoms with Crippen molar-refractivity contribution in [3.8, 4) is 0 Å². The summed E-state index contributed by atoms with van der Waals surface area (Å²) in [5.41, 5.74) is 0.911. The molecule has 0 N–H and O–H groups in total. The van der Waals surface area contributed by atoms with Gasteiger partial charge in [0, 0.05) is 4.75 Å². The van der Waals surface area contributed by atoms with Gasteiger partial charge in [-0.25, -0.2) is 0 Å². The summed E-state index contributed by atoms with van der Waals surface area (Å²) in [4.78, 5) is 23.1. The second kappa shape index (κ2) is 5.82. The summed E-state index contributed by atoms with van der Waals surface area (Å²) in [5, 5.41) is -0.412. The quantitative estimate of drug-likeness (QED) is 0.608. The van der Waals surface area contributed by atoms with Gasteiger partial charge < -0.3 is 0 Å². The van der Waals surface area contributed by atoms with E-state index < -0.39 is 10.9 Å². The Kier molecular flexibility index (Phi) is 4.70. The lowest BCUT2D eigenvalue weighted by Gasteiger charge is -2.14. The summed E-state index contributed by atoms with van der Waals surface area (Å²) < 4.78 is -0.229. The first-order valence-corrected chi connectivity index (χ1v) is 6.20. The monoisotopic (exact) mass is 248 g/mol. The summed E-state index contributed by atoms with van der Waals surface area (Å²) in [6.07, 6.45) is 2.99. The van der Waals surface area contributed by atoms with Crippen molar-refractivity contribution >= 4 is 28.7 Å². The summed E-state index contributed by atoms with van der Waals surface area (Å²) in [7, 11) is 0. The number of ketones is 1. The number of hydrogen-bond donors (Lipinski definition) is 0. The van der Waals surface area contributed by atoms with Crippen molar-refractivity contribution in [3.63, 3.8) is 0 Å². The standard InChI is InChI=1S/C14H16O2S/c1-14(2,3)17-13(16)12(15)10-9-11-7-5-4-6-8-11/h4-10H,1-3H3/b10-9+. The highest BCUT2D eigenvalue weighted by atomic mass is 32.2. The third-order valence-electron chi connectivity index (χ3n) is 1.83. The predicted octanol–water partition coefficient (Wildman–Crippen LogP) is 3.33. The molecule has 0 aromatic heterocycles. The first-order valence-electron chi connectivity index (χ1n) is 5.39. The topological polar surface area (TPSA) is 34.1 Å². The molecule has 1 rings (SSSR count). The Morgan fingerprint density at radius 3 is 2.24 bits per heavy atom. The summed E-state index contributed by atoms with van der Waals surface area (Å²) >= 11 is 1.06. The van der Waals surface area contributed by atoms with E-state index in [0.717, 1.165) is 17.3 Å². The molecule has 1 aromatic rings. The molecule has 90 valence electrons. The summed E-state index contributed by atoms with van der Waals surface area (Å²) in [6, 6.07) is 9.43. The maximum atomic E-state index is 11.5. The van der Waals surface area contributed by atoms with Gasteiger partial charge in [0.2, 0.25) is 5.78 Å². The fraction of sp³-hybridized carbons (Fsp3) is 0.286. The van der Waals surface area contributed by atoms with Gasteiger partial charge in [-0.15, -0.1) is 0 Å². The zero-order chi connectivity index (χ0) is 12.9. The average molecular weight is 248 g/mol. The molecule has 0 amide bonds. The average Bonchev–Trinajstić information content (AvgIpc) is 2.25. The molecule has 0 aliphatic heterocycles. The van der Waals surface area contributed by atoms with E-state index >= 15 is 0 Å². The molecule has 3 heteroatoms. The van der Waals surface area contributed by atoms with Crippen molar-refractivity contribution in [2.75, 3.05) is 0 Å². The van der Waals surface area contributed by atoms with E-state index in [2.05, 4.69) is 0 Å². The zero-order valence-electron chi connectivity index (χ0n) is 10.3. The first-order chi connectivity index (χ1) is 7.88. The van der Waals surface area contributed by atoms with E-state index in [1.165, 1.54) is 6.08 Å². The van der Waals surface area contributed by atoms with Gasteiger partial charge in [0.15, 0.2) is 0 Å². The largest absolute Gasteiger partial charge is 0.285 e. The van der Waals surface area contributed by atoms with Crippen LogP contribution in [0.2, 0.25) is 0 Å². The number of carbonyl (C=O) groups is 2. The first kappa shape index (κ1) is 13.7. The van der Waals surface area contributed by atoms with Gasteiger partial charge in [-0.1, -0.05) is 68.9 Å². The Labute approximate surface area is 106 Å². The van der Waals surface area contributed by atoms with Crippen LogP contribution in [-0.2, 0) is 9.59 Å². The number of thioether (sulfide) groups is 1. The molecule has 2 nitrogen and oxygen atoms in total. The van der Waals surface area contributed by atoms with Gasteiger partial charge in [-0.3, -0.25) is 9.59 Å². The molecule has 1 aromatic carbocycles. The Morgan fingerprint density at radius 2 is 1.71 bits per heavy atom. The van der Waals surface area contributed by atoms with Gasteiger partial charge in [0.1, 0.15) is 0 Å². The molecule has 0 atom stereocenters. The number of benzene rings is 1. The predicted molar refractivity (Wildman–Crippen MR) is 72.8 cm³/mol. The molecule has 0 bridgehead atoms. The van der Waals surface area contributed by atoms with Crippen molar-refractivity contribution in [1.29, 1.82) is 0 Å².